The molecule has 2 aromatic carbocycles. The van der Waals surface area contributed by atoms with Crippen LogP contribution in [0.4, 0.5) is 0 Å². The van der Waals surface area contributed by atoms with Crippen molar-refractivity contribution in [1.29, 1.82) is 0 Å². The maximum absolute atomic E-state index is 2.44. The molecule has 0 aromatic heterocycles. The van der Waals surface area contributed by atoms with Crippen LogP contribution in [0.5, 0.6) is 0 Å². The Morgan fingerprint density at radius 1 is 0.680 bits per heavy atom. The minimum Gasteiger partial charge on any atom is -0.0805 e. The number of benzene rings is 2. The zero-order chi connectivity index (χ0) is 17.9. The zero-order valence-corrected chi connectivity index (χ0v) is 16.0. The van der Waals surface area contributed by atoms with E-state index >= 15 is 0 Å². The van der Waals surface area contributed by atoms with Crippen LogP contribution in [0.2, 0.25) is 0 Å². The second-order valence-electron chi connectivity index (χ2n) is 6.70. The fourth-order valence-electron chi connectivity index (χ4n) is 2.89. The molecule has 0 aliphatic heterocycles. The monoisotopic (exact) mass is 332 g/mol. The summed E-state index contributed by atoms with van der Waals surface area (Å²) in [5.41, 5.74) is 4.36. The molecule has 2 aromatic rings. The van der Waals surface area contributed by atoms with Gasteiger partial charge in [0, 0.05) is 0 Å². The first-order valence-electron chi connectivity index (χ1n) is 9.73. The van der Waals surface area contributed by atoms with Crippen molar-refractivity contribution in [3.63, 3.8) is 0 Å². The largest absolute Gasteiger partial charge is 0.0805 e. The molecule has 4 rings (SSSR count). The van der Waals surface area contributed by atoms with Gasteiger partial charge in [-0.25, -0.2) is 0 Å². The molecule has 2 atom stereocenters. The van der Waals surface area contributed by atoms with E-state index < -0.39 is 0 Å². The smallest absolute Gasteiger partial charge is 0.0159 e. The lowest BCUT2D eigenvalue weighted by Gasteiger charge is -2.00. The van der Waals surface area contributed by atoms with Crippen LogP contribution in [-0.2, 0) is 12.8 Å². The fraction of sp³-hybridized carbons (Fsp3) is 0.360. The number of allylic oxidation sites excluding steroid dienone is 4. The highest BCUT2D eigenvalue weighted by Crippen LogP contribution is 2.44. The highest BCUT2D eigenvalue weighted by molar-refractivity contribution is 5.30. The van der Waals surface area contributed by atoms with Crippen LogP contribution < -0.4 is 0 Å². The molecule has 25 heavy (non-hydrogen) atoms. The number of aryl methyl sites for hydroxylation is 2. The van der Waals surface area contributed by atoms with Crippen molar-refractivity contribution in [2.45, 2.75) is 46.5 Å². The molecule has 132 valence electrons. The minimum absolute atomic E-state index is 0.931. The number of hydrogen-bond acceptors (Lipinski definition) is 0. The Bertz CT molecular complexity index is 609. The topological polar surface area (TPSA) is 0 Å². The van der Waals surface area contributed by atoms with Gasteiger partial charge in [0.2, 0.25) is 0 Å². The molecular weight excluding hydrogens is 300 g/mol. The molecule has 0 N–H and O–H groups in total. The van der Waals surface area contributed by atoms with Crippen LogP contribution in [0, 0.1) is 11.8 Å². The molecule has 0 radical (unpaired) electrons. The molecule has 0 nitrogen and oxygen atoms in total. The molecular formula is C25H32. The van der Waals surface area contributed by atoms with E-state index in [1.807, 2.05) is 12.1 Å². The molecule has 2 aliphatic carbocycles. The van der Waals surface area contributed by atoms with Gasteiger partial charge in [-0.1, -0.05) is 105 Å². The summed E-state index contributed by atoms with van der Waals surface area (Å²) >= 11 is 0. The van der Waals surface area contributed by atoms with E-state index in [9.17, 15) is 0 Å². The first kappa shape index (κ1) is 19.2. The number of fused-ring (bicyclic) bond motifs is 1. The van der Waals surface area contributed by atoms with E-state index in [0.29, 0.717) is 0 Å². The second kappa shape index (κ2) is 10.7. The van der Waals surface area contributed by atoms with Crippen LogP contribution >= 0.6 is 0 Å². The summed E-state index contributed by atoms with van der Waals surface area (Å²) in [4.78, 5) is 0. The lowest BCUT2D eigenvalue weighted by Crippen LogP contribution is -1.84. The van der Waals surface area contributed by atoms with Crippen molar-refractivity contribution in [2.24, 2.45) is 11.8 Å². The molecule has 0 heteroatoms. The SMILES string of the molecule is CCC1=CC2CC2C=C1.CCc1ccccc1.CCc1ccccc1. The van der Waals surface area contributed by atoms with Gasteiger partial charge in [0.15, 0.2) is 0 Å². The Morgan fingerprint density at radius 3 is 1.56 bits per heavy atom. The van der Waals surface area contributed by atoms with Crippen molar-refractivity contribution < 1.29 is 0 Å². The van der Waals surface area contributed by atoms with Gasteiger partial charge in [0.05, 0.1) is 0 Å². The molecule has 1 saturated carbocycles. The van der Waals surface area contributed by atoms with Crippen LogP contribution in [0.3, 0.4) is 0 Å². The highest BCUT2D eigenvalue weighted by atomic mass is 14.4. The molecule has 2 unspecified atom stereocenters. The third-order valence-electron chi connectivity index (χ3n) is 4.79. The highest BCUT2D eigenvalue weighted by Gasteiger charge is 2.34. The van der Waals surface area contributed by atoms with E-state index in [1.54, 1.807) is 0 Å². The van der Waals surface area contributed by atoms with Crippen LogP contribution in [0.15, 0.2) is 84.5 Å². The maximum atomic E-state index is 2.44. The Labute approximate surface area is 154 Å². The van der Waals surface area contributed by atoms with Crippen LogP contribution in [0.1, 0.15) is 44.7 Å². The van der Waals surface area contributed by atoms with E-state index in [4.69, 9.17) is 0 Å². The standard InChI is InChI=1S/C9H12.2C8H10/c1-2-7-3-4-8-6-9(8)5-7;2*1-2-8-6-4-3-5-7-8/h3-5,8-9H,2,6H2,1H3;2*3-7H,2H2,1H3. The first-order valence-corrected chi connectivity index (χ1v) is 9.73. The van der Waals surface area contributed by atoms with Gasteiger partial charge >= 0.3 is 0 Å². The average molecular weight is 333 g/mol. The molecule has 0 bridgehead atoms. The predicted octanol–water partition coefficient (Wildman–Crippen LogP) is 7.03. The van der Waals surface area contributed by atoms with E-state index in [1.165, 1.54) is 29.5 Å². The second-order valence-corrected chi connectivity index (χ2v) is 6.70. The third-order valence-corrected chi connectivity index (χ3v) is 4.79. The summed E-state index contributed by atoms with van der Waals surface area (Å²) in [5, 5.41) is 0. The quantitative estimate of drug-likeness (QED) is 0.566. The summed E-state index contributed by atoms with van der Waals surface area (Å²) in [6.07, 6.45) is 12.0. The van der Waals surface area contributed by atoms with E-state index in [0.717, 1.165) is 24.7 Å². The zero-order valence-electron chi connectivity index (χ0n) is 16.0. The van der Waals surface area contributed by atoms with Crippen molar-refractivity contribution in [3.05, 3.63) is 95.6 Å². The van der Waals surface area contributed by atoms with Crippen molar-refractivity contribution in [3.8, 4) is 0 Å². The van der Waals surface area contributed by atoms with Crippen LogP contribution in [0.25, 0.3) is 0 Å². The van der Waals surface area contributed by atoms with E-state index in [2.05, 4.69) is 87.5 Å². The van der Waals surface area contributed by atoms with Gasteiger partial charge < -0.3 is 0 Å². The van der Waals surface area contributed by atoms with Gasteiger partial charge in [0.25, 0.3) is 0 Å². The molecule has 0 spiro atoms. The van der Waals surface area contributed by atoms with Crippen LogP contribution in [-0.4, -0.2) is 0 Å². The van der Waals surface area contributed by atoms with Crippen molar-refractivity contribution in [2.75, 3.05) is 0 Å². The summed E-state index contributed by atoms with van der Waals surface area (Å²) < 4.78 is 0. The van der Waals surface area contributed by atoms with Gasteiger partial charge in [0.1, 0.15) is 0 Å². The van der Waals surface area contributed by atoms with Crippen molar-refractivity contribution >= 4 is 0 Å². The first-order chi connectivity index (χ1) is 12.3. The average Bonchev–Trinajstić information content (AvgIpc) is 3.49. The summed E-state index contributed by atoms with van der Waals surface area (Å²) in [6.45, 7) is 6.55. The lowest BCUT2D eigenvalue weighted by molar-refractivity contribution is 0.941. The Hall–Kier alpha value is -2.08. The third kappa shape index (κ3) is 7.13. The number of hydrogen-bond donors (Lipinski definition) is 0. The maximum Gasteiger partial charge on any atom is -0.0159 e. The summed E-state index contributed by atoms with van der Waals surface area (Å²) in [7, 11) is 0. The van der Waals surface area contributed by atoms with Crippen molar-refractivity contribution in [1.82, 2.24) is 0 Å². The fourth-order valence-corrected chi connectivity index (χ4v) is 2.89. The van der Waals surface area contributed by atoms with Gasteiger partial charge in [-0.3, -0.25) is 0 Å². The molecule has 0 heterocycles. The normalized spacial score (nSPS) is 19.4. The summed E-state index contributed by atoms with van der Waals surface area (Å²) in [6, 6.07) is 20.9. The lowest BCUT2D eigenvalue weighted by atomic mass is 10.1. The molecule has 0 amide bonds. The summed E-state index contributed by atoms with van der Waals surface area (Å²) in [5.74, 6) is 1.87. The van der Waals surface area contributed by atoms with Gasteiger partial charge in [-0.05, 0) is 48.6 Å². The van der Waals surface area contributed by atoms with Gasteiger partial charge in [-0.2, -0.15) is 0 Å². The predicted molar refractivity (Wildman–Crippen MR) is 111 cm³/mol. The van der Waals surface area contributed by atoms with Gasteiger partial charge in [-0.15, -0.1) is 0 Å². The molecule has 2 aliphatic rings. The number of rotatable bonds is 3. The minimum atomic E-state index is 0.931. The molecule has 0 saturated heterocycles. The Morgan fingerprint density at radius 2 is 1.20 bits per heavy atom. The Kier molecular flexibility index (Phi) is 8.25. The Balaban J connectivity index is 0.000000136. The molecule has 1 fully saturated rings. The van der Waals surface area contributed by atoms with E-state index in [-0.39, 0.29) is 0 Å².